The van der Waals surface area contributed by atoms with E-state index in [1.807, 2.05) is 11.9 Å². The second-order valence-corrected chi connectivity index (χ2v) is 9.55. The highest BCUT2D eigenvalue weighted by Crippen LogP contribution is 2.29. The third kappa shape index (κ3) is 8.15. The van der Waals surface area contributed by atoms with Gasteiger partial charge in [0.15, 0.2) is 0 Å². The van der Waals surface area contributed by atoms with Crippen molar-refractivity contribution in [2.75, 3.05) is 32.5 Å². The van der Waals surface area contributed by atoms with Gasteiger partial charge in [-0.2, -0.15) is 0 Å². The molecule has 200 valence electrons. The summed E-state index contributed by atoms with van der Waals surface area (Å²) in [4.78, 5) is 21.6. The van der Waals surface area contributed by atoms with Gasteiger partial charge in [0.1, 0.15) is 17.9 Å². The van der Waals surface area contributed by atoms with Gasteiger partial charge in [-0.05, 0) is 44.5 Å². The standard InChI is InChI=1S/C15H14ClF3N4.C9H19N.C2H4O/c1-23-6-10-11(7-23)21-15(16)22-14(10)20-5-8-3-2-4-9(12(8)17)13(18)19;1-4-8-6-10(3)7-9(8)5-2;1-2-3/h2-4,13H,5-7H2,1H3,(H,20,21,22);8-9H,4-7H2,1-3H3;2H,1H3. The van der Waals surface area contributed by atoms with Crippen LogP contribution in [0.25, 0.3) is 0 Å². The first-order chi connectivity index (χ1) is 17.1. The Bertz CT molecular complexity index is 982. The van der Waals surface area contributed by atoms with Crippen LogP contribution in [0.15, 0.2) is 18.2 Å². The monoisotopic (exact) mass is 527 g/mol. The molecule has 0 spiro atoms. The van der Waals surface area contributed by atoms with E-state index in [9.17, 15) is 13.2 Å². The molecule has 2 atom stereocenters. The van der Waals surface area contributed by atoms with Crippen LogP contribution in [-0.4, -0.2) is 53.2 Å². The van der Waals surface area contributed by atoms with Crippen LogP contribution in [0, 0.1) is 17.7 Å². The van der Waals surface area contributed by atoms with Gasteiger partial charge in [-0.25, -0.2) is 23.1 Å². The maximum Gasteiger partial charge on any atom is 0.266 e. The van der Waals surface area contributed by atoms with E-state index >= 15 is 0 Å². The molecule has 2 aromatic rings. The molecule has 1 fully saturated rings. The van der Waals surface area contributed by atoms with Gasteiger partial charge >= 0.3 is 0 Å². The number of benzene rings is 1. The lowest BCUT2D eigenvalue weighted by atomic mass is 9.92. The molecule has 1 aromatic carbocycles. The Morgan fingerprint density at radius 2 is 1.72 bits per heavy atom. The zero-order valence-electron chi connectivity index (χ0n) is 21.7. The largest absolute Gasteiger partial charge is 0.365 e. The summed E-state index contributed by atoms with van der Waals surface area (Å²) in [5, 5.41) is 3.08. The Morgan fingerprint density at radius 1 is 1.11 bits per heavy atom. The van der Waals surface area contributed by atoms with E-state index in [2.05, 4.69) is 41.1 Å². The number of halogens is 4. The molecule has 1 N–H and O–H groups in total. The van der Waals surface area contributed by atoms with Crippen molar-refractivity contribution < 1.29 is 18.0 Å². The van der Waals surface area contributed by atoms with Crippen molar-refractivity contribution in [2.24, 2.45) is 11.8 Å². The maximum absolute atomic E-state index is 14.1. The molecule has 0 saturated carbocycles. The molecule has 6 nitrogen and oxygen atoms in total. The molecule has 0 aliphatic carbocycles. The highest BCUT2D eigenvalue weighted by Gasteiger charge is 2.27. The lowest BCUT2D eigenvalue weighted by molar-refractivity contribution is -0.106. The first-order valence-electron chi connectivity index (χ1n) is 12.3. The molecule has 2 unspecified atom stereocenters. The third-order valence-corrected chi connectivity index (χ3v) is 6.68. The van der Waals surface area contributed by atoms with Crippen LogP contribution in [-0.2, 0) is 24.4 Å². The summed E-state index contributed by atoms with van der Waals surface area (Å²) < 4.78 is 39.5. The summed E-state index contributed by atoms with van der Waals surface area (Å²) >= 11 is 5.90. The first kappa shape index (κ1) is 30.0. The summed E-state index contributed by atoms with van der Waals surface area (Å²) in [7, 11) is 4.17. The Kier molecular flexibility index (Phi) is 12.1. The molecule has 2 aliphatic heterocycles. The lowest BCUT2D eigenvalue weighted by Crippen LogP contribution is -2.13. The summed E-state index contributed by atoms with van der Waals surface area (Å²) in [5.41, 5.74) is 1.26. The number of rotatable bonds is 6. The summed E-state index contributed by atoms with van der Waals surface area (Å²) in [6.45, 7) is 10.1. The van der Waals surface area contributed by atoms with Gasteiger partial charge in [0.2, 0.25) is 5.28 Å². The number of carbonyl (C=O) groups excluding carboxylic acids is 1. The minimum atomic E-state index is -2.85. The predicted octanol–water partition coefficient (Wildman–Crippen LogP) is 5.95. The number of aromatic nitrogens is 2. The zero-order chi connectivity index (χ0) is 26.8. The van der Waals surface area contributed by atoms with Gasteiger partial charge in [-0.15, -0.1) is 0 Å². The number of aldehydes is 1. The van der Waals surface area contributed by atoms with Crippen molar-refractivity contribution in [2.45, 2.75) is 59.7 Å². The highest BCUT2D eigenvalue weighted by atomic mass is 35.5. The van der Waals surface area contributed by atoms with Gasteiger partial charge in [-0.1, -0.05) is 44.9 Å². The van der Waals surface area contributed by atoms with E-state index in [1.165, 1.54) is 45.0 Å². The van der Waals surface area contributed by atoms with Crippen LogP contribution < -0.4 is 5.32 Å². The average Bonchev–Trinajstić information content (AvgIpc) is 3.39. The van der Waals surface area contributed by atoms with Crippen molar-refractivity contribution in [3.63, 3.8) is 0 Å². The molecule has 10 heteroatoms. The van der Waals surface area contributed by atoms with Crippen molar-refractivity contribution in [3.8, 4) is 0 Å². The maximum atomic E-state index is 14.1. The van der Waals surface area contributed by atoms with Crippen LogP contribution in [0.5, 0.6) is 0 Å². The second-order valence-electron chi connectivity index (χ2n) is 9.21. The molecule has 0 bridgehead atoms. The first-order valence-corrected chi connectivity index (χ1v) is 12.6. The summed E-state index contributed by atoms with van der Waals surface area (Å²) in [6, 6.07) is 3.95. The number of anilines is 1. The minimum absolute atomic E-state index is 0.0376. The number of hydrogen-bond acceptors (Lipinski definition) is 6. The predicted molar refractivity (Wildman–Crippen MR) is 138 cm³/mol. The molecular formula is C26H37ClF3N5O. The molecular weight excluding hydrogens is 491 g/mol. The number of likely N-dealkylation sites (tertiary alicyclic amines) is 1. The fraction of sp³-hybridized carbons (Fsp3) is 0.577. The van der Waals surface area contributed by atoms with Gasteiger partial charge < -0.3 is 15.0 Å². The lowest BCUT2D eigenvalue weighted by Gasteiger charge is -2.12. The Balaban J connectivity index is 0.000000292. The Morgan fingerprint density at radius 3 is 2.28 bits per heavy atom. The number of nitrogens with zero attached hydrogens (tertiary/aromatic N) is 4. The fourth-order valence-electron chi connectivity index (χ4n) is 4.71. The van der Waals surface area contributed by atoms with Crippen LogP contribution >= 0.6 is 11.6 Å². The zero-order valence-corrected chi connectivity index (χ0v) is 22.5. The number of nitrogens with one attached hydrogen (secondary N) is 1. The molecule has 0 radical (unpaired) electrons. The molecule has 36 heavy (non-hydrogen) atoms. The molecule has 4 rings (SSSR count). The average molecular weight is 528 g/mol. The topological polar surface area (TPSA) is 61.4 Å². The van der Waals surface area contributed by atoms with E-state index in [4.69, 9.17) is 16.4 Å². The van der Waals surface area contributed by atoms with Crippen LogP contribution in [0.1, 0.15) is 62.4 Å². The number of hydrogen-bond donors (Lipinski definition) is 1. The SMILES string of the molecule is CC=O.CCC1CN(C)CC1CC.CN1Cc2nc(Cl)nc(NCc3cccc(C(F)F)c3F)c2C1. The normalized spacial score (nSPS) is 19.3. The van der Waals surface area contributed by atoms with E-state index in [0.717, 1.165) is 35.4 Å². The quantitative estimate of drug-likeness (QED) is 0.370. The van der Waals surface area contributed by atoms with Crippen molar-refractivity contribution >= 4 is 23.7 Å². The third-order valence-electron chi connectivity index (χ3n) is 6.51. The van der Waals surface area contributed by atoms with Crippen molar-refractivity contribution in [3.05, 3.63) is 51.7 Å². The van der Waals surface area contributed by atoms with E-state index in [1.54, 1.807) is 0 Å². The Labute approximate surface area is 217 Å². The molecule has 2 aliphatic rings. The van der Waals surface area contributed by atoms with E-state index in [-0.39, 0.29) is 17.4 Å². The van der Waals surface area contributed by atoms with Gasteiger partial charge in [0.05, 0.1) is 11.3 Å². The van der Waals surface area contributed by atoms with Crippen LogP contribution in [0.4, 0.5) is 19.0 Å². The Hall–Kier alpha value is -2.23. The number of fused-ring (bicyclic) bond motifs is 1. The number of alkyl halides is 2. The van der Waals surface area contributed by atoms with Crippen LogP contribution in [0.3, 0.4) is 0 Å². The molecule has 1 saturated heterocycles. The van der Waals surface area contributed by atoms with Crippen LogP contribution in [0.2, 0.25) is 5.28 Å². The second kappa shape index (κ2) is 14.5. The van der Waals surface area contributed by atoms with Gasteiger partial charge in [0, 0.05) is 43.9 Å². The summed E-state index contributed by atoms with van der Waals surface area (Å²) in [5.74, 6) is 1.57. The molecule has 3 heterocycles. The highest BCUT2D eigenvalue weighted by molar-refractivity contribution is 6.28. The van der Waals surface area contributed by atoms with Crippen molar-refractivity contribution in [1.29, 1.82) is 0 Å². The van der Waals surface area contributed by atoms with Gasteiger partial charge in [-0.3, -0.25) is 4.90 Å². The molecule has 0 amide bonds. The molecule has 1 aromatic heterocycles. The smallest absolute Gasteiger partial charge is 0.266 e. The summed E-state index contributed by atoms with van der Waals surface area (Å²) in [6.07, 6.45) is 0.632. The van der Waals surface area contributed by atoms with Crippen molar-refractivity contribution in [1.82, 2.24) is 19.8 Å². The fourth-order valence-corrected chi connectivity index (χ4v) is 4.89. The number of carbonyl (C=O) groups is 1. The minimum Gasteiger partial charge on any atom is -0.365 e. The van der Waals surface area contributed by atoms with Gasteiger partial charge in [0.25, 0.3) is 6.43 Å². The van der Waals surface area contributed by atoms with E-state index in [0.29, 0.717) is 18.9 Å². The van der Waals surface area contributed by atoms with E-state index < -0.39 is 17.8 Å².